The molecule has 1 aliphatic heterocycles. The molecule has 2 aliphatic rings. The Labute approximate surface area is 179 Å². The Morgan fingerprint density at radius 1 is 1.23 bits per heavy atom. The number of benzene rings is 1. The SMILES string of the molecule is CCNC(=NCc1ccc(OC)cc1OC1CCCC1)NC1CCN(C(N)=O)CC1. The molecule has 8 heteroatoms. The van der Waals surface area contributed by atoms with Crippen LogP contribution in [0.5, 0.6) is 11.5 Å². The fourth-order valence-corrected chi connectivity index (χ4v) is 4.01. The predicted octanol–water partition coefficient (Wildman–Crippen LogP) is 2.61. The van der Waals surface area contributed by atoms with E-state index in [0.29, 0.717) is 19.6 Å². The van der Waals surface area contributed by atoms with Crippen molar-refractivity contribution in [2.45, 2.75) is 64.1 Å². The molecule has 1 heterocycles. The molecule has 1 aromatic rings. The summed E-state index contributed by atoms with van der Waals surface area (Å²) < 4.78 is 11.7. The van der Waals surface area contributed by atoms with Crippen LogP contribution in [0, 0.1) is 0 Å². The van der Waals surface area contributed by atoms with E-state index in [2.05, 4.69) is 17.6 Å². The highest BCUT2D eigenvalue weighted by atomic mass is 16.5. The van der Waals surface area contributed by atoms with E-state index in [1.165, 1.54) is 12.8 Å². The first kappa shape index (κ1) is 22.1. The van der Waals surface area contributed by atoms with Crippen LogP contribution in [0.1, 0.15) is 51.0 Å². The molecule has 30 heavy (non-hydrogen) atoms. The molecule has 0 radical (unpaired) electrons. The van der Waals surface area contributed by atoms with Crippen LogP contribution in [0.4, 0.5) is 4.79 Å². The summed E-state index contributed by atoms with van der Waals surface area (Å²) in [6.07, 6.45) is 6.65. The minimum atomic E-state index is -0.344. The summed E-state index contributed by atoms with van der Waals surface area (Å²) >= 11 is 0. The number of carbonyl (C=O) groups is 1. The minimum absolute atomic E-state index is 0.267. The van der Waals surface area contributed by atoms with E-state index in [1.54, 1.807) is 12.0 Å². The maximum atomic E-state index is 11.3. The first-order valence-electron chi connectivity index (χ1n) is 11.0. The third-order valence-electron chi connectivity index (χ3n) is 5.77. The van der Waals surface area contributed by atoms with Crippen molar-refractivity contribution in [1.29, 1.82) is 0 Å². The van der Waals surface area contributed by atoms with Crippen LogP contribution >= 0.6 is 0 Å². The second kappa shape index (κ2) is 10.9. The Morgan fingerprint density at radius 2 is 1.97 bits per heavy atom. The Morgan fingerprint density at radius 3 is 2.60 bits per heavy atom. The molecule has 2 amide bonds. The molecule has 1 aromatic carbocycles. The topological polar surface area (TPSA) is 101 Å². The van der Waals surface area contributed by atoms with Gasteiger partial charge in [0.2, 0.25) is 0 Å². The molecule has 0 spiro atoms. The lowest BCUT2D eigenvalue weighted by atomic mass is 10.1. The Balaban J connectivity index is 1.65. The Hall–Kier alpha value is -2.64. The number of methoxy groups -OCH3 is 1. The lowest BCUT2D eigenvalue weighted by molar-refractivity contribution is 0.188. The quantitative estimate of drug-likeness (QED) is 0.468. The van der Waals surface area contributed by atoms with Crippen molar-refractivity contribution in [1.82, 2.24) is 15.5 Å². The highest BCUT2D eigenvalue weighted by Gasteiger charge is 2.22. The van der Waals surface area contributed by atoms with E-state index < -0.39 is 0 Å². The number of hydrogen-bond donors (Lipinski definition) is 3. The normalized spacial score (nSPS) is 18.3. The second-order valence-electron chi connectivity index (χ2n) is 7.94. The number of amides is 2. The number of nitrogens with zero attached hydrogens (tertiary/aromatic N) is 2. The molecular formula is C22H35N5O3. The van der Waals surface area contributed by atoms with E-state index in [1.807, 2.05) is 18.2 Å². The van der Waals surface area contributed by atoms with Crippen molar-refractivity contribution in [3.63, 3.8) is 0 Å². The number of guanidine groups is 1. The van der Waals surface area contributed by atoms with Crippen LogP contribution in [0.3, 0.4) is 0 Å². The molecule has 3 rings (SSSR count). The van der Waals surface area contributed by atoms with Gasteiger partial charge < -0.3 is 30.7 Å². The molecule has 0 aromatic heterocycles. The standard InChI is InChI=1S/C22H35N5O3/c1-3-24-22(26-17-10-12-27(13-11-17)21(23)28)25-15-16-8-9-19(29-2)14-20(16)30-18-6-4-5-7-18/h8-9,14,17-18H,3-7,10-13,15H2,1-2H3,(H2,23,28)(H2,24,25,26). The van der Waals surface area contributed by atoms with Gasteiger partial charge in [0, 0.05) is 37.3 Å². The summed E-state index contributed by atoms with van der Waals surface area (Å²) in [6.45, 7) is 4.69. The van der Waals surface area contributed by atoms with Gasteiger partial charge in [-0.25, -0.2) is 9.79 Å². The van der Waals surface area contributed by atoms with Crippen molar-refractivity contribution >= 4 is 12.0 Å². The van der Waals surface area contributed by atoms with Crippen LogP contribution in [-0.4, -0.2) is 55.8 Å². The summed E-state index contributed by atoms with van der Waals surface area (Å²) in [5, 5.41) is 6.81. The molecular weight excluding hydrogens is 382 g/mol. The molecule has 4 N–H and O–H groups in total. The number of carbonyl (C=O) groups excluding carboxylic acids is 1. The van der Waals surface area contributed by atoms with E-state index in [0.717, 1.165) is 55.3 Å². The molecule has 1 aliphatic carbocycles. The molecule has 1 saturated heterocycles. The first-order valence-corrected chi connectivity index (χ1v) is 11.0. The third-order valence-corrected chi connectivity index (χ3v) is 5.77. The van der Waals surface area contributed by atoms with Crippen LogP contribution < -0.4 is 25.8 Å². The number of nitrogens with one attached hydrogen (secondary N) is 2. The summed E-state index contributed by atoms with van der Waals surface area (Å²) in [6, 6.07) is 5.86. The summed E-state index contributed by atoms with van der Waals surface area (Å²) in [4.78, 5) is 17.8. The van der Waals surface area contributed by atoms with E-state index in [9.17, 15) is 4.79 Å². The van der Waals surface area contributed by atoms with E-state index in [4.69, 9.17) is 20.2 Å². The smallest absolute Gasteiger partial charge is 0.314 e. The maximum Gasteiger partial charge on any atom is 0.314 e. The molecule has 166 valence electrons. The van der Waals surface area contributed by atoms with Gasteiger partial charge in [-0.3, -0.25) is 0 Å². The predicted molar refractivity (Wildman–Crippen MR) is 118 cm³/mol. The Kier molecular flexibility index (Phi) is 8.04. The minimum Gasteiger partial charge on any atom is -0.497 e. The fraction of sp³-hybridized carbons (Fsp3) is 0.636. The van der Waals surface area contributed by atoms with Gasteiger partial charge in [-0.2, -0.15) is 0 Å². The number of nitrogens with two attached hydrogens (primary N) is 1. The third kappa shape index (κ3) is 6.18. The van der Waals surface area contributed by atoms with Crippen molar-refractivity contribution in [2.75, 3.05) is 26.7 Å². The molecule has 0 atom stereocenters. The monoisotopic (exact) mass is 417 g/mol. The number of rotatable bonds is 7. The van der Waals surface area contributed by atoms with Gasteiger partial charge in [0.05, 0.1) is 19.8 Å². The number of piperidine rings is 1. The number of likely N-dealkylation sites (tertiary alicyclic amines) is 1. The zero-order chi connectivity index (χ0) is 21.3. The van der Waals surface area contributed by atoms with Gasteiger partial charge in [-0.15, -0.1) is 0 Å². The lowest BCUT2D eigenvalue weighted by Gasteiger charge is -2.32. The van der Waals surface area contributed by atoms with Crippen LogP contribution in [0.2, 0.25) is 0 Å². The lowest BCUT2D eigenvalue weighted by Crippen LogP contribution is -2.50. The first-order chi connectivity index (χ1) is 14.6. The van der Waals surface area contributed by atoms with E-state index in [-0.39, 0.29) is 18.2 Å². The molecule has 1 saturated carbocycles. The van der Waals surface area contributed by atoms with Crippen molar-refractivity contribution in [2.24, 2.45) is 10.7 Å². The van der Waals surface area contributed by atoms with Crippen molar-refractivity contribution < 1.29 is 14.3 Å². The number of primary amides is 1. The largest absolute Gasteiger partial charge is 0.497 e. The van der Waals surface area contributed by atoms with E-state index >= 15 is 0 Å². The number of aliphatic imine (C=N–C) groups is 1. The van der Waals surface area contributed by atoms with Crippen LogP contribution in [0.15, 0.2) is 23.2 Å². The van der Waals surface area contributed by atoms with Crippen molar-refractivity contribution in [3.8, 4) is 11.5 Å². The number of urea groups is 1. The number of hydrogen-bond acceptors (Lipinski definition) is 4. The van der Waals surface area contributed by atoms with Gasteiger partial charge in [0.15, 0.2) is 5.96 Å². The fourth-order valence-electron chi connectivity index (χ4n) is 4.01. The number of ether oxygens (including phenoxy) is 2. The maximum absolute atomic E-state index is 11.3. The van der Waals surface area contributed by atoms with Gasteiger partial charge in [-0.1, -0.05) is 0 Å². The average Bonchev–Trinajstić information content (AvgIpc) is 3.26. The average molecular weight is 418 g/mol. The van der Waals surface area contributed by atoms with Gasteiger partial charge in [0.25, 0.3) is 0 Å². The Bertz CT molecular complexity index is 725. The summed E-state index contributed by atoms with van der Waals surface area (Å²) in [7, 11) is 1.67. The molecule has 0 unspecified atom stereocenters. The van der Waals surface area contributed by atoms with Crippen LogP contribution in [-0.2, 0) is 6.54 Å². The van der Waals surface area contributed by atoms with Gasteiger partial charge in [-0.05, 0) is 57.6 Å². The van der Waals surface area contributed by atoms with Gasteiger partial charge in [0.1, 0.15) is 11.5 Å². The zero-order valence-electron chi connectivity index (χ0n) is 18.2. The van der Waals surface area contributed by atoms with Crippen molar-refractivity contribution in [3.05, 3.63) is 23.8 Å². The molecule has 0 bridgehead atoms. The van der Waals surface area contributed by atoms with Crippen LogP contribution in [0.25, 0.3) is 0 Å². The highest BCUT2D eigenvalue weighted by molar-refractivity contribution is 5.80. The van der Waals surface area contributed by atoms with Gasteiger partial charge >= 0.3 is 6.03 Å². The highest BCUT2D eigenvalue weighted by Crippen LogP contribution is 2.30. The summed E-state index contributed by atoms with van der Waals surface area (Å²) in [5.74, 6) is 2.43. The molecule has 2 fully saturated rings. The zero-order valence-corrected chi connectivity index (χ0v) is 18.2. The summed E-state index contributed by atoms with van der Waals surface area (Å²) in [5.41, 5.74) is 6.42. The second-order valence-corrected chi connectivity index (χ2v) is 7.94. The molecule has 8 nitrogen and oxygen atoms in total.